The van der Waals surface area contributed by atoms with Crippen LogP contribution in [0.5, 0.6) is 0 Å². The molecule has 0 atom stereocenters. The van der Waals surface area contributed by atoms with Crippen LogP contribution in [0.4, 0.5) is 0 Å². The molecule has 2 aliphatic rings. The van der Waals surface area contributed by atoms with E-state index in [9.17, 15) is 4.79 Å². The summed E-state index contributed by atoms with van der Waals surface area (Å²) in [6.07, 6.45) is 19.7. The van der Waals surface area contributed by atoms with Crippen LogP contribution in [0.1, 0.15) is 96.3 Å². The summed E-state index contributed by atoms with van der Waals surface area (Å²) in [6.45, 7) is 0.940. The van der Waals surface area contributed by atoms with Crippen molar-refractivity contribution in [3.63, 3.8) is 0 Å². The molecule has 2 fully saturated rings. The number of nitrogens with one attached hydrogen (secondary N) is 1. The minimum Gasteiger partial charge on any atom is -0.356 e. The molecule has 1 amide bonds. The molecular weight excluding hydrogens is 258 g/mol. The summed E-state index contributed by atoms with van der Waals surface area (Å²) in [5.41, 5.74) is 0. The lowest BCUT2D eigenvalue weighted by atomic mass is 9.89. The summed E-state index contributed by atoms with van der Waals surface area (Å²) < 4.78 is 0. The van der Waals surface area contributed by atoms with Crippen LogP contribution in [0.25, 0.3) is 0 Å². The standard InChI is InChI=1S/C19H35NO/c21-19(20-16-17-12-8-7-9-13-17)18-14-10-5-3-1-2-4-6-11-15-18/h17-18H,1-16H2,(H,20,21). The summed E-state index contributed by atoms with van der Waals surface area (Å²) in [5, 5.41) is 3.28. The zero-order valence-corrected chi connectivity index (χ0v) is 13.9. The van der Waals surface area contributed by atoms with Crippen LogP contribution < -0.4 is 5.32 Å². The molecule has 122 valence electrons. The number of amides is 1. The Balaban J connectivity index is 1.71. The van der Waals surface area contributed by atoms with Gasteiger partial charge in [-0.3, -0.25) is 4.79 Å². The monoisotopic (exact) mass is 293 g/mol. The van der Waals surface area contributed by atoms with E-state index in [2.05, 4.69) is 5.32 Å². The first kappa shape index (κ1) is 16.8. The fourth-order valence-electron chi connectivity index (χ4n) is 4.03. The lowest BCUT2D eigenvalue weighted by Gasteiger charge is -2.23. The molecule has 0 unspecified atom stereocenters. The van der Waals surface area contributed by atoms with Crippen LogP contribution in [-0.4, -0.2) is 12.5 Å². The zero-order valence-electron chi connectivity index (χ0n) is 13.9. The molecule has 1 N–H and O–H groups in total. The van der Waals surface area contributed by atoms with E-state index in [1.54, 1.807) is 0 Å². The van der Waals surface area contributed by atoms with Crippen LogP contribution in [0.2, 0.25) is 0 Å². The lowest BCUT2D eigenvalue weighted by Crippen LogP contribution is -2.35. The van der Waals surface area contributed by atoms with Gasteiger partial charge in [0, 0.05) is 12.5 Å². The summed E-state index contributed by atoms with van der Waals surface area (Å²) in [6, 6.07) is 0. The molecule has 0 heterocycles. The van der Waals surface area contributed by atoms with Gasteiger partial charge in [-0.25, -0.2) is 0 Å². The smallest absolute Gasteiger partial charge is 0.223 e. The fourth-order valence-corrected chi connectivity index (χ4v) is 4.03. The predicted octanol–water partition coefficient (Wildman–Crippen LogP) is 5.21. The maximum absolute atomic E-state index is 12.5. The van der Waals surface area contributed by atoms with Crippen molar-refractivity contribution >= 4 is 5.91 Å². The Bertz CT molecular complexity index is 271. The summed E-state index contributed by atoms with van der Waals surface area (Å²) in [5.74, 6) is 1.41. The highest BCUT2D eigenvalue weighted by atomic mass is 16.1. The zero-order chi connectivity index (χ0) is 14.8. The molecule has 0 saturated heterocycles. The predicted molar refractivity (Wildman–Crippen MR) is 89.2 cm³/mol. The van der Waals surface area contributed by atoms with Gasteiger partial charge in [0.1, 0.15) is 0 Å². The molecule has 0 bridgehead atoms. The van der Waals surface area contributed by atoms with Crippen LogP contribution in [0.3, 0.4) is 0 Å². The van der Waals surface area contributed by atoms with Crippen molar-refractivity contribution in [3.8, 4) is 0 Å². The molecular formula is C19H35NO. The van der Waals surface area contributed by atoms with E-state index in [1.165, 1.54) is 83.5 Å². The molecule has 0 aliphatic heterocycles. The van der Waals surface area contributed by atoms with Crippen LogP contribution >= 0.6 is 0 Å². The van der Waals surface area contributed by atoms with Crippen molar-refractivity contribution in [1.82, 2.24) is 5.32 Å². The summed E-state index contributed by atoms with van der Waals surface area (Å²) in [7, 11) is 0. The molecule has 2 saturated carbocycles. The summed E-state index contributed by atoms with van der Waals surface area (Å²) >= 11 is 0. The Morgan fingerprint density at radius 3 is 1.67 bits per heavy atom. The van der Waals surface area contributed by atoms with E-state index in [4.69, 9.17) is 0 Å². The highest BCUT2D eigenvalue weighted by Crippen LogP contribution is 2.24. The van der Waals surface area contributed by atoms with Gasteiger partial charge in [-0.2, -0.15) is 0 Å². The molecule has 0 aromatic rings. The molecule has 0 spiro atoms. The van der Waals surface area contributed by atoms with Crippen LogP contribution in [-0.2, 0) is 4.79 Å². The van der Waals surface area contributed by atoms with E-state index in [0.29, 0.717) is 11.8 Å². The minimum absolute atomic E-state index is 0.298. The van der Waals surface area contributed by atoms with Crippen molar-refractivity contribution in [3.05, 3.63) is 0 Å². The van der Waals surface area contributed by atoms with Gasteiger partial charge in [0.25, 0.3) is 0 Å². The van der Waals surface area contributed by atoms with Gasteiger partial charge in [0.15, 0.2) is 0 Å². The van der Waals surface area contributed by atoms with Crippen molar-refractivity contribution in [2.24, 2.45) is 11.8 Å². The molecule has 2 rings (SSSR count). The largest absolute Gasteiger partial charge is 0.356 e. The third kappa shape index (κ3) is 6.84. The molecule has 21 heavy (non-hydrogen) atoms. The first-order valence-corrected chi connectivity index (χ1v) is 9.64. The third-order valence-corrected chi connectivity index (χ3v) is 5.52. The quantitative estimate of drug-likeness (QED) is 0.760. The number of rotatable bonds is 3. The van der Waals surface area contributed by atoms with Gasteiger partial charge in [0.05, 0.1) is 0 Å². The van der Waals surface area contributed by atoms with Crippen molar-refractivity contribution in [2.45, 2.75) is 96.3 Å². The average molecular weight is 293 g/mol. The number of carbonyl (C=O) groups is 1. The van der Waals surface area contributed by atoms with Gasteiger partial charge in [-0.15, -0.1) is 0 Å². The van der Waals surface area contributed by atoms with Crippen molar-refractivity contribution < 1.29 is 4.79 Å². The minimum atomic E-state index is 0.298. The van der Waals surface area contributed by atoms with E-state index in [0.717, 1.165) is 25.3 Å². The van der Waals surface area contributed by atoms with Crippen molar-refractivity contribution in [2.75, 3.05) is 6.54 Å². The SMILES string of the molecule is O=C(NCC1CCCCC1)C1CCCCCCCCCC1. The molecule has 0 aromatic heterocycles. The normalized spacial score (nSPS) is 24.2. The maximum atomic E-state index is 12.5. The molecule has 2 aliphatic carbocycles. The van der Waals surface area contributed by atoms with E-state index in [-0.39, 0.29) is 0 Å². The second-order valence-electron chi connectivity index (χ2n) is 7.35. The van der Waals surface area contributed by atoms with Gasteiger partial charge < -0.3 is 5.32 Å². The van der Waals surface area contributed by atoms with Gasteiger partial charge >= 0.3 is 0 Å². The van der Waals surface area contributed by atoms with Crippen LogP contribution in [0.15, 0.2) is 0 Å². The summed E-state index contributed by atoms with van der Waals surface area (Å²) in [4.78, 5) is 12.5. The second kappa shape index (κ2) is 10.2. The van der Waals surface area contributed by atoms with Crippen LogP contribution in [0, 0.1) is 11.8 Å². The Morgan fingerprint density at radius 2 is 1.10 bits per heavy atom. The molecule has 2 heteroatoms. The van der Waals surface area contributed by atoms with E-state index in [1.807, 2.05) is 0 Å². The van der Waals surface area contributed by atoms with Gasteiger partial charge in [-0.1, -0.05) is 70.6 Å². The van der Waals surface area contributed by atoms with E-state index >= 15 is 0 Å². The number of carbonyl (C=O) groups excluding carboxylic acids is 1. The molecule has 2 nitrogen and oxygen atoms in total. The maximum Gasteiger partial charge on any atom is 0.223 e. The third-order valence-electron chi connectivity index (χ3n) is 5.52. The average Bonchev–Trinajstić information content (AvgIpc) is 2.59. The first-order chi connectivity index (χ1) is 10.4. The Labute approximate surface area is 131 Å². The Kier molecular flexibility index (Phi) is 8.21. The Morgan fingerprint density at radius 1 is 0.667 bits per heavy atom. The lowest BCUT2D eigenvalue weighted by molar-refractivity contribution is -0.125. The molecule has 0 radical (unpaired) electrons. The van der Waals surface area contributed by atoms with Crippen molar-refractivity contribution in [1.29, 1.82) is 0 Å². The first-order valence-electron chi connectivity index (χ1n) is 9.64. The van der Waals surface area contributed by atoms with E-state index < -0.39 is 0 Å². The highest BCUT2D eigenvalue weighted by Gasteiger charge is 2.20. The highest BCUT2D eigenvalue weighted by molar-refractivity contribution is 5.78. The Hall–Kier alpha value is -0.530. The van der Waals surface area contributed by atoms with Gasteiger partial charge in [0.2, 0.25) is 5.91 Å². The fraction of sp³-hybridized carbons (Fsp3) is 0.947. The molecule has 0 aromatic carbocycles. The number of hydrogen-bond acceptors (Lipinski definition) is 1. The second-order valence-corrected chi connectivity index (χ2v) is 7.35. The van der Waals surface area contributed by atoms with Gasteiger partial charge in [-0.05, 0) is 31.6 Å². The topological polar surface area (TPSA) is 29.1 Å². The number of hydrogen-bond donors (Lipinski definition) is 1.